The van der Waals surface area contributed by atoms with Gasteiger partial charge in [-0.15, -0.1) is 0 Å². The summed E-state index contributed by atoms with van der Waals surface area (Å²) in [5, 5.41) is 15.9. The second-order valence-electron chi connectivity index (χ2n) is 0.944. The van der Waals surface area contributed by atoms with Gasteiger partial charge in [-0.05, 0) is 0 Å². The molecule has 0 spiro atoms. The first-order chi connectivity index (χ1) is 3.72. The summed E-state index contributed by atoms with van der Waals surface area (Å²) < 4.78 is 4.14. The van der Waals surface area contributed by atoms with E-state index < -0.39 is 10.8 Å². The van der Waals surface area contributed by atoms with Crippen molar-refractivity contribution in [2.45, 2.75) is 0 Å². The normalized spacial score (nSPS) is 10.9. The van der Waals surface area contributed by atoms with Crippen LogP contribution in [0, 0.1) is 4.91 Å². The van der Waals surface area contributed by atoms with Gasteiger partial charge in [0.15, 0.2) is 0 Å². The molecule has 0 radical (unpaired) electrons. The quantitative estimate of drug-likeness (QED) is 0.402. The maximum atomic E-state index is 9.72. The molecule has 0 saturated carbocycles. The Bertz CT molecular complexity index is 118. The highest BCUT2D eigenvalue weighted by Crippen LogP contribution is 1.89. The third kappa shape index (κ3) is 1.46. The Morgan fingerprint density at radius 3 is 2.38 bits per heavy atom. The molecule has 0 aliphatic heterocycles. The predicted octanol–water partition coefficient (Wildman–Crippen LogP) is 0.158. The van der Waals surface area contributed by atoms with Gasteiger partial charge >= 0.3 is 10.8 Å². The Morgan fingerprint density at radius 1 is 1.88 bits per heavy atom. The molecular formula is C3H6NO4+. The molecule has 0 unspecified atom stereocenters. The van der Waals surface area contributed by atoms with Gasteiger partial charge in [-0.25, -0.2) is 5.21 Å². The van der Waals surface area contributed by atoms with E-state index in [1.165, 1.54) is 0 Å². The first-order valence-corrected chi connectivity index (χ1v) is 1.77. The smallest absolute Gasteiger partial charge is 0.506 e. The van der Waals surface area contributed by atoms with Crippen molar-refractivity contribution in [2.75, 3.05) is 7.11 Å². The second-order valence-corrected chi connectivity index (χ2v) is 0.944. The van der Waals surface area contributed by atoms with E-state index in [9.17, 15) is 4.91 Å². The van der Waals surface area contributed by atoms with Gasteiger partial charge < -0.3 is 9.84 Å². The fraction of sp³-hybridized carbons (Fsp3) is 0.333. The Labute approximate surface area is 45.3 Å². The topological polar surface area (TPSA) is 69.8 Å². The lowest BCUT2D eigenvalue weighted by Crippen LogP contribution is -2.02. The van der Waals surface area contributed by atoms with E-state index >= 15 is 0 Å². The molecule has 0 saturated heterocycles. The molecular weight excluding hydrogens is 114 g/mol. The van der Waals surface area contributed by atoms with Crippen molar-refractivity contribution in [1.82, 2.24) is 0 Å². The average molecular weight is 120 g/mol. The highest BCUT2D eigenvalue weighted by Gasteiger charge is 2.15. The molecule has 0 aromatic rings. The molecule has 0 aliphatic carbocycles. The van der Waals surface area contributed by atoms with Crippen molar-refractivity contribution in [3.05, 3.63) is 17.1 Å². The van der Waals surface area contributed by atoms with Gasteiger partial charge in [-0.2, -0.15) is 0 Å². The lowest BCUT2D eigenvalue weighted by molar-refractivity contribution is -0.771. The highest BCUT2D eigenvalue weighted by atomic mass is 16.7. The number of aliphatic hydroxyl groups excluding tert-OH is 1. The van der Waals surface area contributed by atoms with Crippen LogP contribution >= 0.6 is 0 Å². The molecule has 46 valence electrons. The van der Waals surface area contributed by atoms with E-state index in [0.29, 0.717) is 6.26 Å². The molecule has 8 heavy (non-hydrogen) atoms. The standard InChI is InChI=1S/C3H5NO4/c1-8-3(2-5)4(6)7/h2H,1H3,(H-,5,6,7)/p+1. The Balaban J connectivity index is 3.92. The van der Waals surface area contributed by atoms with Gasteiger partial charge in [0, 0.05) is 0 Å². The number of ether oxygens (including phenoxy) is 1. The number of hydrogen-bond acceptors (Lipinski definition) is 3. The summed E-state index contributed by atoms with van der Waals surface area (Å²) in [7, 11) is 1.14. The fourth-order valence-electron chi connectivity index (χ4n) is 0.180. The summed E-state index contributed by atoms with van der Waals surface area (Å²) in [6, 6.07) is 0. The van der Waals surface area contributed by atoms with Crippen LogP contribution in [0.25, 0.3) is 0 Å². The minimum absolute atomic E-state index is 0.354. The molecule has 5 heteroatoms. The SMILES string of the molecule is COC(=CO)[N+](=O)O. The highest BCUT2D eigenvalue weighted by molar-refractivity contribution is 4.67. The summed E-state index contributed by atoms with van der Waals surface area (Å²) in [5.74, 6) is -0.551. The minimum atomic E-state index is -0.583. The number of hydrogen-bond donors (Lipinski definition) is 2. The first-order valence-electron chi connectivity index (χ1n) is 1.77. The third-order valence-corrected chi connectivity index (χ3v) is 0.508. The zero-order valence-electron chi connectivity index (χ0n) is 4.24. The van der Waals surface area contributed by atoms with Crippen LogP contribution in [0.5, 0.6) is 0 Å². The predicted molar refractivity (Wildman–Crippen MR) is 23.1 cm³/mol. The maximum absolute atomic E-state index is 9.72. The molecule has 0 fully saturated rings. The van der Waals surface area contributed by atoms with Crippen LogP contribution in [0.1, 0.15) is 0 Å². The Kier molecular flexibility index (Phi) is 2.39. The summed E-state index contributed by atoms with van der Waals surface area (Å²) in [6.07, 6.45) is 0.354. The van der Waals surface area contributed by atoms with Crippen LogP contribution in [0.15, 0.2) is 12.1 Å². The van der Waals surface area contributed by atoms with Crippen molar-refractivity contribution >= 4 is 0 Å². The molecule has 0 amide bonds. The second kappa shape index (κ2) is 2.84. The van der Waals surface area contributed by atoms with Crippen LogP contribution in [0.4, 0.5) is 0 Å². The molecule has 0 heterocycles. The van der Waals surface area contributed by atoms with Crippen molar-refractivity contribution in [1.29, 1.82) is 0 Å². The van der Waals surface area contributed by atoms with Gasteiger partial charge in [0.1, 0.15) is 0 Å². The van der Waals surface area contributed by atoms with Gasteiger partial charge in [-0.1, -0.05) is 0 Å². The first kappa shape index (κ1) is 6.74. The number of nitrogens with zero attached hydrogens (tertiary/aromatic N) is 1. The van der Waals surface area contributed by atoms with Crippen LogP contribution in [-0.2, 0) is 4.74 Å². The molecule has 0 atom stereocenters. The van der Waals surface area contributed by atoms with Crippen LogP contribution in [-0.4, -0.2) is 22.3 Å². The number of rotatable bonds is 2. The third-order valence-electron chi connectivity index (χ3n) is 0.508. The maximum Gasteiger partial charge on any atom is 0.509 e. The molecule has 0 aromatic heterocycles. The van der Waals surface area contributed by atoms with E-state index in [1.807, 2.05) is 0 Å². The summed E-state index contributed by atoms with van der Waals surface area (Å²) in [6.45, 7) is 0. The molecule has 0 bridgehead atoms. The summed E-state index contributed by atoms with van der Waals surface area (Å²) in [5.41, 5.74) is 0. The zero-order valence-corrected chi connectivity index (χ0v) is 4.24. The van der Waals surface area contributed by atoms with Crippen molar-refractivity contribution in [3.63, 3.8) is 0 Å². The molecule has 0 aromatic carbocycles. The fourth-order valence-corrected chi connectivity index (χ4v) is 0.180. The number of aliphatic hydroxyl groups is 1. The Hall–Kier alpha value is -1.26. The molecule has 5 nitrogen and oxygen atoms in total. The van der Waals surface area contributed by atoms with Gasteiger partial charge in [0.2, 0.25) is 6.26 Å². The van der Waals surface area contributed by atoms with E-state index in [2.05, 4.69) is 4.74 Å². The zero-order chi connectivity index (χ0) is 6.57. The van der Waals surface area contributed by atoms with Crippen LogP contribution in [0.2, 0.25) is 0 Å². The lowest BCUT2D eigenvalue weighted by Gasteiger charge is -1.83. The van der Waals surface area contributed by atoms with Gasteiger partial charge in [0.05, 0.1) is 12.0 Å². The number of methoxy groups -OCH3 is 1. The molecule has 0 rings (SSSR count). The molecule has 0 aliphatic rings. The van der Waals surface area contributed by atoms with Crippen molar-refractivity contribution < 1.29 is 20.0 Å². The van der Waals surface area contributed by atoms with Crippen LogP contribution in [0.3, 0.4) is 0 Å². The minimum Gasteiger partial charge on any atom is -0.506 e. The van der Waals surface area contributed by atoms with E-state index in [-0.39, 0.29) is 0 Å². The van der Waals surface area contributed by atoms with Crippen molar-refractivity contribution in [2.24, 2.45) is 0 Å². The van der Waals surface area contributed by atoms with E-state index in [0.717, 1.165) is 7.11 Å². The van der Waals surface area contributed by atoms with E-state index in [4.69, 9.17) is 10.3 Å². The summed E-state index contributed by atoms with van der Waals surface area (Å²) >= 11 is 0. The monoisotopic (exact) mass is 120 g/mol. The molecule has 2 N–H and O–H groups in total. The Morgan fingerprint density at radius 2 is 2.38 bits per heavy atom. The van der Waals surface area contributed by atoms with Crippen LogP contribution < -0.4 is 0 Å². The van der Waals surface area contributed by atoms with Gasteiger partial charge in [0.25, 0.3) is 0 Å². The van der Waals surface area contributed by atoms with Crippen molar-refractivity contribution in [3.8, 4) is 0 Å². The van der Waals surface area contributed by atoms with Gasteiger partial charge in [-0.3, -0.25) is 0 Å². The van der Waals surface area contributed by atoms with E-state index in [1.54, 1.807) is 0 Å². The largest absolute Gasteiger partial charge is 0.509 e. The average Bonchev–Trinajstić information content (AvgIpc) is 1.69. The lowest BCUT2D eigenvalue weighted by atomic mass is 10.9. The summed E-state index contributed by atoms with van der Waals surface area (Å²) in [4.78, 5) is 9.14.